The number of rotatable bonds is 8. The maximum atomic E-state index is 12.7. The highest BCUT2D eigenvalue weighted by atomic mass is 32.2. The highest BCUT2D eigenvalue weighted by Gasteiger charge is 2.29. The minimum absolute atomic E-state index is 0.360. The molecular weight excluding hydrogens is 384 g/mol. The number of benzene rings is 2. The van der Waals surface area contributed by atoms with Gasteiger partial charge in [-0.1, -0.05) is 0 Å². The number of carbonyl (C=O) groups excluding carboxylic acids is 1. The van der Waals surface area contributed by atoms with Gasteiger partial charge in [-0.25, -0.2) is 8.42 Å². The molecule has 2 aromatic carbocycles. The zero-order valence-corrected chi connectivity index (χ0v) is 17.2. The van der Waals surface area contributed by atoms with Gasteiger partial charge in [0.15, 0.2) is 11.5 Å². The zero-order valence-electron chi connectivity index (χ0n) is 16.4. The first kappa shape index (κ1) is 21.4. The average molecular weight is 408 g/mol. The van der Waals surface area contributed by atoms with Gasteiger partial charge in [0, 0.05) is 11.8 Å². The van der Waals surface area contributed by atoms with Crippen LogP contribution in [0.4, 0.5) is 11.4 Å². The Morgan fingerprint density at radius 2 is 1.57 bits per heavy atom. The molecule has 0 fully saturated rings. The molecule has 1 N–H and O–H groups in total. The second kappa shape index (κ2) is 8.83. The van der Waals surface area contributed by atoms with E-state index in [1.54, 1.807) is 42.5 Å². The molecule has 0 radical (unpaired) electrons. The van der Waals surface area contributed by atoms with E-state index < -0.39 is 22.0 Å². The van der Waals surface area contributed by atoms with Crippen molar-refractivity contribution < 1.29 is 27.4 Å². The number of nitrogens with one attached hydrogen (secondary N) is 1. The molecule has 0 unspecified atom stereocenters. The predicted octanol–water partition coefficient (Wildman–Crippen LogP) is 2.51. The number of methoxy groups -OCH3 is 3. The SMILES string of the molecule is COc1ccc(N([C@H](C)C(=O)Nc2ccc(OC)c(OC)c2)S(C)(=O)=O)cc1. The highest BCUT2D eigenvalue weighted by Crippen LogP contribution is 2.30. The minimum Gasteiger partial charge on any atom is -0.497 e. The normalized spacial score (nSPS) is 12.0. The van der Waals surface area contributed by atoms with Crippen molar-refractivity contribution in [2.75, 3.05) is 37.2 Å². The van der Waals surface area contributed by atoms with Gasteiger partial charge < -0.3 is 19.5 Å². The molecule has 0 spiro atoms. The van der Waals surface area contributed by atoms with Crippen molar-refractivity contribution >= 4 is 27.3 Å². The quantitative estimate of drug-likeness (QED) is 0.721. The number of carbonyl (C=O) groups is 1. The molecule has 0 heterocycles. The monoisotopic (exact) mass is 408 g/mol. The van der Waals surface area contributed by atoms with E-state index in [-0.39, 0.29) is 0 Å². The standard InChI is InChI=1S/C19H24N2O6S/c1-13(19(22)20-14-6-11-17(26-3)18(12-14)27-4)21(28(5,23)24)15-7-9-16(25-2)10-8-15/h6-13H,1-5H3,(H,20,22)/t13-/m1/s1. The van der Waals surface area contributed by atoms with Crippen LogP contribution in [0.5, 0.6) is 17.2 Å². The molecule has 0 saturated carbocycles. The van der Waals surface area contributed by atoms with Crippen LogP contribution in [0.2, 0.25) is 0 Å². The average Bonchev–Trinajstić information content (AvgIpc) is 2.67. The van der Waals surface area contributed by atoms with E-state index in [1.807, 2.05) is 0 Å². The Morgan fingerprint density at radius 3 is 2.07 bits per heavy atom. The molecule has 0 aliphatic rings. The van der Waals surface area contributed by atoms with E-state index in [0.29, 0.717) is 28.6 Å². The Bertz CT molecular complexity index is 928. The fraction of sp³-hybridized carbons (Fsp3) is 0.316. The van der Waals surface area contributed by atoms with E-state index in [1.165, 1.54) is 28.3 Å². The van der Waals surface area contributed by atoms with Crippen molar-refractivity contribution in [2.45, 2.75) is 13.0 Å². The second-order valence-electron chi connectivity index (χ2n) is 5.99. The summed E-state index contributed by atoms with van der Waals surface area (Å²) in [5.74, 6) is 1.06. The van der Waals surface area contributed by atoms with Crippen molar-refractivity contribution in [3.8, 4) is 17.2 Å². The summed E-state index contributed by atoms with van der Waals surface area (Å²) in [6.07, 6.45) is 1.05. The Kier molecular flexibility index (Phi) is 6.74. The summed E-state index contributed by atoms with van der Waals surface area (Å²) >= 11 is 0. The Balaban J connectivity index is 2.28. The van der Waals surface area contributed by atoms with Crippen LogP contribution < -0.4 is 23.8 Å². The summed E-state index contributed by atoms with van der Waals surface area (Å²) in [5, 5.41) is 2.71. The summed E-state index contributed by atoms with van der Waals surface area (Å²) in [4.78, 5) is 12.7. The van der Waals surface area contributed by atoms with E-state index >= 15 is 0 Å². The van der Waals surface area contributed by atoms with Crippen LogP contribution in [0.25, 0.3) is 0 Å². The summed E-state index contributed by atoms with van der Waals surface area (Å²) in [6.45, 7) is 1.52. The van der Waals surface area contributed by atoms with Crippen molar-refractivity contribution in [3.05, 3.63) is 42.5 Å². The third-order valence-corrected chi connectivity index (χ3v) is 5.31. The Morgan fingerprint density at radius 1 is 0.964 bits per heavy atom. The van der Waals surface area contributed by atoms with Gasteiger partial charge in [0.1, 0.15) is 11.8 Å². The Hall–Kier alpha value is -2.94. The minimum atomic E-state index is -3.71. The van der Waals surface area contributed by atoms with E-state index in [0.717, 1.165) is 10.6 Å². The molecule has 2 aromatic rings. The lowest BCUT2D eigenvalue weighted by atomic mass is 10.2. The Labute approximate surface area is 165 Å². The summed E-state index contributed by atoms with van der Waals surface area (Å²) in [7, 11) is 0.804. The van der Waals surface area contributed by atoms with Crippen LogP contribution in [0.1, 0.15) is 6.92 Å². The molecule has 2 rings (SSSR count). The number of sulfonamides is 1. The molecule has 1 atom stereocenters. The third kappa shape index (κ3) is 4.86. The van der Waals surface area contributed by atoms with E-state index in [4.69, 9.17) is 14.2 Å². The molecule has 0 saturated heterocycles. The van der Waals surface area contributed by atoms with Crippen LogP contribution in [0.15, 0.2) is 42.5 Å². The van der Waals surface area contributed by atoms with Crippen LogP contribution in [-0.4, -0.2) is 48.0 Å². The first-order valence-corrected chi connectivity index (χ1v) is 10.2. The molecule has 0 aliphatic carbocycles. The molecule has 0 aliphatic heterocycles. The van der Waals surface area contributed by atoms with Gasteiger partial charge in [0.2, 0.25) is 15.9 Å². The van der Waals surface area contributed by atoms with Crippen molar-refractivity contribution in [2.24, 2.45) is 0 Å². The van der Waals surface area contributed by atoms with Crippen LogP contribution in [0, 0.1) is 0 Å². The van der Waals surface area contributed by atoms with Crippen molar-refractivity contribution in [1.82, 2.24) is 0 Å². The van der Waals surface area contributed by atoms with Gasteiger partial charge in [-0.15, -0.1) is 0 Å². The number of nitrogens with zero attached hydrogens (tertiary/aromatic N) is 1. The lowest BCUT2D eigenvalue weighted by Crippen LogP contribution is -2.45. The maximum Gasteiger partial charge on any atom is 0.247 e. The fourth-order valence-corrected chi connectivity index (χ4v) is 3.87. The van der Waals surface area contributed by atoms with E-state index in [9.17, 15) is 13.2 Å². The van der Waals surface area contributed by atoms with Gasteiger partial charge in [-0.2, -0.15) is 0 Å². The number of anilines is 2. The van der Waals surface area contributed by atoms with Crippen LogP contribution in [0.3, 0.4) is 0 Å². The van der Waals surface area contributed by atoms with Gasteiger partial charge in [0.25, 0.3) is 0 Å². The molecule has 0 bridgehead atoms. The summed E-state index contributed by atoms with van der Waals surface area (Å²) in [5.41, 5.74) is 0.816. The second-order valence-corrected chi connectivity index (χ2v) is 7.85. The molecule has 8 nitrogen and oxygen atoms in total. The summed E-state index contributed by atoms with van der Waals surface area (Å²) < 4.78 is 41.2. The van der Waals surface area contributed by atoms with Gasteiger partial charge in [-0.3, -0.25) is 9.10 Å². The van der Waals surface area contributed by atoms with Crippen molar-refractivity contribution in [1.29, 1.82) is 0 Å². The molecule has 9 heteroatoms. The van der Waals surface area contributed by atoms with Gasteiger partial charge in [0.05, 0.1) is 33.3 Å². The third-order valence-electron chi connectivity index (χ3n) is 4.07. The van der Waals surface area contributed by atoms with Gasteiger partial charge >= 0.3 is 0 Å². The van der Waals surface area contributed by atoms with Crippen LogP contribution in [-0.2, 0) is 14.8 Å². The largest absolute Gasteiger partial charge is 0.497 e. The lowest BCUT2D eigenvalue weighted by molar-refractivity contribution is -0.116. The molecular formula is C19H24N2O6S. The molecule has 152 valence electrons. The summed E-state index contributed by atoms with van der Waals surface area (Å²) in [6, 6.07) is 10.3. The van der Waals surface area contributed by atoms with E-state index in [2.05, 4.69) is 5.32 Å². The van der Waals surface area contributed by atoms with Gasteiger partial charge in [-0.05, 0) is 43.3 Å². The van der Waals surface area contributed by atoms with Crippen molar-refractivity contribution in [3.63, 3.8) is 0 Å². The first-order chi connectivity index (χ1) is 13.2. The number of ether oxygens (including phenoxy) is 3. The predicted molar refractivity (Wildman–Crippen MR) is 108 cm³/mol. The smallest absolute Gasteiger partial charge is 0.247 e. The fourth-order valence-electron chi connectivity index (χ4n) is 2.70. The number of hydrogen-bond acceptors (Lipinski definition) is 6. The number of amides is 1. The topological polar surface area (TPSA) is 94.2 Å². The number of hydrogen-bond donors (Lipinski definition) is 1. The lowest BCUT2D eigenvalue weighted by Gasteiger charge is -2.28. The zero-order chi connectivity index (χ0) is 20.9. The first-order valence-electron chi connectivity index (χ1n) is 8.37. The maximum absolute atomic E-state index is 12.7. The van der Waals surface area contributed by atoms with Crippen LogP contribution >= 0.6 is 0 Å². The molecule has 1 amide bonds. The molecule has 0 aromatic heterocycles. The highest BCUT2D eigenvalue weighted by molar-refractivity contribution is 7.92. The molecule has 28 heavy (non-hydrogen) atoms.